The van der Waals surface area contributed by atoms with Gasteiger partial charge in [-0.1, -0.05) is 70.1 Å². The maximum atomic E-state index is 12.5. The van der Waals surface area contributed by atoms with Gasteiger partial charge in [0, 0.05) is 42.7 Å². The van der Waals surface area contributed by atoms with Gasteiger partial charge in [-0.05, 0) is 54.1 Å². The molecule has 0 aliphatic carbocycles. The molecule has 4 rings (SSSR count). The van der Waals surface area contributed by atoms with E-state index in [1.54, 1.807) is 48.5 Å². The predicted octanol–water partition coefficient (Wildman–Crippen LogP) is 5.28. The van der Waals surface area contributed by atoms with Gasteiger partial charge in [0.2, 0.25) is 6.33 Å². The number of hydrogen-bond donors (Lipinski definition) is 0. The molecule has 0 aliphatic heterocycles. The molecule has 0 N–H and O–H groups in total. The molecule has 37 heavy (non-hydrogen) atoms. The topological polar surface area (TPSA) is 35.1 Å². The third-order valence-corrected chi connectivity index (χ3v) is 7.05. The number of nitrogens with zero attached hydrogens (tertiary/aromatic N) is 2. The Hall–Kier alpha value is -1.76. The molecule has 0 radical (unpaired) electrons. The molecule has 3 aromatic carbocycles. The molecule has 1 heterocycles. The minimum atomic E-state index is -0.377. The van der Waals surface area contributed by atoms with Gasteiger partial charge in [-0.2, -0.15) is 0 Å². The molecule has 0 fully saturated rings. The van der Waals surface area contributed by atoms with Crippen molar-refractivity contribution in [3.05, 3.63) is 121 Å². The van der Waals surface area contributed by atoms with Crippen molar-refractivity contribution in [1.29, 1.82) is 0 Å². The molecular weight excluding hydrogens is 597 g/mol. The van der Waals surface area contributed by atoms with E-state index in [0.29, 0.717) is 50.2 Å². The highest BCUT2D eigenvalue weighted by molar-refractivity contribution is 6.35. The lowest BCUT2D eigenvalue weighted by atomic mass is 10.1. The van der Waals surface area contributed by atoms with Crippen LogP contribution in [0.4, 0.5) is 0 Å². The first-order valence-electron chi connectivity index (χ1n) is 11.1. The van der Waals surface area contributed by atoms with Crippen LogP contribution in [0.1, 0.15) is 34.0 Å². The van der Waals surface area contributed by atoms with Crippen LogP contribution < -0.4 is 17.0 Å². The third kappa shape index (κ3) is 8.36. The second-order valence-corrected chi connectivity index (χ2v) is 10.4. The number of halogens is 6. The van der Waals surface area contributed by atoms with Crippen molar-refractivity contribution in [1.82, 2.24) is 4.57 Å². The number of hydrogen-bond acceptors (Lipinski definition) is 2. The molecule has 0 bridgehead atoms. The molecule has 0 aliphatic rings. The third-order valence-electron chi connectivity index (χ3n) is 5.65. The van der Waals surface area contributed by atoms with Crippen molar-refractivity contribution < 1.29 is 26.5 Å². The highest BCUT2D eigenvalue weighted by Gasteiger charge is 2.21. The molecule has 1 atom stereocenters. The van der Waals surface area contributed by atoms with Gasteiger partial charge in [0.1, 0.15) is 25.0 Å². The van der Waals surface area contributed by atoms with Gasteiger partial charge in [-0.3, -0.25) is 4.79 Å². The molecule has 1 aromatic heterocycles. The summed E-state index contributed by atoms with van der Waals surface area (Å²) in [5.74, 6) is 0.0564. The quantitative estimate of drug-likeness (QED) is 0.179. The van der Waals surface area contributed by atoms with E-state index in [9.17, 15) is 4.79 Å². The zero-order chi connectivity index (χ0) is 25.7. The first-order valence-corrected chi connectivity index (χ1v) is 13.0. The minimum Gasteiger partial charge on any atom is -1.00 e. The zero-order valence-corrected chi connectivity index (χ0v) is 23.9. The zero-order valence-electron chi connectivity index (χ0n) is 19.4. The Balaban J connectivity index is 0.00000380. The highest BCUT2D eigenvalue weighted by Crippen LogP contribution is 2.31. The SMILES string of the molecule is O=C(CCn1cc[n+](CC(OCc2ccc(Cl)cc2Cl)c2ccc(Cl)cc2Cl)c1)c1ccc(Cl)cc1.[Cl-]. The number of Topliss-reactive ketones (excluding diaryl/α,β-unsaturated/α-hetero) is 1. The van der Waals surface area contributed by atoms with Crippen LogP contribution in [0.2, 0.25) is 25.1 Å². The van der Waals surface area contributed by atoms with E-state index in [4.69, 9.17) is 62.7 Å². The number of aromatic nitrogens is 2. The first-order chi connectivity index (χ1) is 17.3. The summed E-state index contributed by atoms with van der Waals surface area (Å²) >= 11 is 30.9. The van der Waals surface area contributed by atoms with E-state index in [-0.39, 0.29) is 30.9 Å². The van der Waals surface area contributed by atoms with E-state index < -0.39 is 0 Å². The van der Waals surface area contributed by atoms with Crippen LogP contribution in [-0.2, 0) is 24.4 Å². The number of ketones is 1. The summed E-state index contributed by atoms with van der Waals surface area (Å²) in [7, 11) is 0. The number of ether oxygens (including phenoxy) is 1. The monoisotopic (exact) mass is 616 g/mol. The second-order valence-electron chi connectivity index (χ2n) is 8.23. The molecule has 1 unspecified atom stereocenters. The van der Waals surface area contributed by atoms with E-state index in [0.717, 1.165) is 11.1 Å². The Morgan fingerprint density at radius 2 is 1.51 bits per heavy atom. The van der Waals surface area contributed by atoms with E-state index in [1.807, 2.05) is 40.0 Å². The second kappa shape index (κ2) is 13.9. The Kier molecular flexibility index (Phi) is 11.2. The van der Waals surface area contributed by atoms with Crippen LogP contribution in [-0.4, -0.2) is 10.4 Å². The fourth-order valence-electron chi connectivity index (χ4n) is 3.71. The maximum Gasteiger partial charge on any atom is 0.243 e. The number of carbonyl (C=O) groups is 1. The molecule has 0 saturated carbocycles. The van der Waals surface area contributed by atoms with Crippen molar-refractivity contribution in [3.8, 4) is 0 Å². The fraction of sp³-hybridized carbons (Fsp3) is 0.185. The van der Waals surface area contributed by atoms with Crippen LogP contribution >= 0.6 is 58.0 Å². The van der Waals surface area contributed by atoms with E-state index in [2.05, 4.69) is 0 Å². The molecule has 0 spiro atoms. The summed E-state index contributed by atoms with van der Waals surface area (Å²) in [5, 5.41) is 2.77. The molecule has 0 saturated heterocycles. The Morgan fingerprint density at radius 1 is 0.865 bits per heavy atom. The van der Waals surface area contributed by atoms with Crippen molar-refractivity contribution in [2.24, 2.45) is 0 Å². The van der Waals surface area contributed by atoms with Gasteiger partial charge in [0.25, 0.3) is 0 Å². The number of carbonyl (C=O) groups excluding carboxylic acids is 1. The summed E-state index contributed by atoms with van der Waals surface area (Å²) in [6.07, 6.45) is 5.78. The van der Waals surface area contributed by atoms with Gasteiger partial charge in [-0.25, -0.2) is 9.13 Å². The lowest BCUT2D eigenvalue weighted by Crippen LogP contribution is -3.00. The summed E-state index contributed by atoms with van der Waals surface area (Å²) < 4.78 is 10.2. The van der Waals surface area contributed by atoms with Gasteiger partial charge in [0.15, 0.2) is 5.78 Å². The molecule has 0 amide bonds. The number of rotatable bonds is 10. The number of aryl methyl sites for hydroxylation is 1. The minimum absolute atomic E-state index is 0. The van der Waals surface area contributed by atoms with Crippen LogP contribution in [0.3, 0.4) is 0 Å². The van der Waals surface area contributed by atoms with Crippen LogP contribution in [0, 0.1) is 0 Å². The molecule has 4 aromatic rings. The maximum absolute atomic E-state index is 12.5. The lowest BCUT2D eigenvalue weighted by molar-refractivity contribution is -0.704. The van der Waals surface area contributed by atoms with Gasteiger partial charge in [0.05, 0.1) is 13.2 Å². The fourth-order valence-corrected chi connectivity index (χ4v) is 4.83. The number of imidazole rings is 1. The smallest absolute Gasteiger partial charge is 0.243 e. The van der Waals surface area contributed by atoms with E-state index >= 15 is 0 Å². The largest absolute Gasteiger partial charge is 1.00 e. The summed E-state index contributed by atoms with van der Waals surface area (Å²) in [6.45, 7) is 1.31. The summed E-state index contributed by atoms with van der Waals surface area (Å²) in [6, 6.07) is 17.6. The van der Waals surface area contributed by atoms with Crippen molar-refractivity contribution in [2.75, 3.05) is 0 Å². The van der Waals surface area contributed by atoms with Gasteiger partial charge >= 0.3 is 0 Å². The Bertz CT molecular complexity index is 1360. The summed E-state index contributed by atoms with van der Waals surface area (Å²) in [5.41, 5.74) is 2.27. The van der Waals surface area contributed by atoms with Gasteiger partial charge < -0.3 is 17.1 Å². The van der Waals surface area contributed by atoms with Crippen molar-refractivity contribution >= 4 is 63.8 Å². The number of benzene rings is 3. The molecule has 194 valence electrons. The van der Waals surface area contributed by atoms with Crippen LogP contribution in [0.5, 0.6) is 0 Å². The average Bonchev–Trinajstić information content (AvgIpc) is 3.29. The van der Waals surface area contributed by atoms with Crippen LogP contribution in [0.25, 0.3) is 0 Å². The first kappa shape index (κ1) is 29.8. The van der Waals surface area contributed by atoms with Crippen LogP contribution in [0.15, 0.2) is 79.4 Å². The van der Waals surface area contributed by atoms with Crippen molar-refractivity contribution in [2.45, 2.75) is 32.2 Å². The Morgan fingerprint density at radius 3 is 2.19 bits per heavy atom. The molecule has 4 nitrogen and oxygen atoms in total. The summed E-state index contributed by atoms with van der Waals surface area (Å²) in [4.78, 5) is 12.5. The molecule has 10 heteroatoms. The molecular formula is C27H22Cl6N2O2. The van der Waals surface area contributed by atoms with E-state index in [1.165, 1.54) is 0 Å². The lowest BCUT2D eigenvalue weighted by Gasteiger charge is -2.19. The van der Waals surface area contributed by atoms with Gasteiger partial charge in [-0.15, -0.1) is 0 Å². The average molecular weight is 619 g/mol. The predicted molar refractivity (Wildman–Crippen MR) is 145 cm³/mol. The highest BCUT2D eigenvalue weighted by atomic mass is 35.5. The standard InChI is InChI=1S/C27H22Cl5N2O2.ClH/c28-20-4-1-18(2-5-20)26(35)9-10-33-11-12-34(17-33)15-27(23-8-7-22(30)14-25(23)32)36-16-19-3-6-21(29)13-24(19)31;/h1-8,11-14,17,27H,9-10,15-16H2;1H/q+1;/p-1. The van der Waals surface area contributed by atoms with Crippen molar-refractivity contribution in [3.63, 3.8) is 0 Å². The normalized spacial score (nSPS) is 11.7. The Labute approximate surface area is 247 Å².